The Bertz CT molecular complexity index is 315. The molecule has 0 bridgehead atoms. The monoisotopic (exact) mass is 202 g/mol. The maximum atomic E-state index is 13.3. The molecule has 0 radical (unpaired) electrons. The van der Waals surface area contributed by atoms with Gasteiger partial charge in [0.15, 0.2) is 11.0 Å². The van der Waals surface area contributed by atoms with Gasteiger partial charge >= 0.3 is 0 Å². The van der Waals surface area contributed by atoms with Gasteiger partial charge in [-0.1, -0.05) is 11.6 Å². The van der Waals surface area contributed by atoms with Crippen molar-refractivity contribution in [3.63, 3.8) is 0 Å². The van der Waals surface area contributed by atoms with E-state index in [2.05, 4.69) is 9.97 Å². The molecular weight excluding hydrogens is 195 g/mol. The highest BCUT2D eigenvalue weighted by atomic mass is 35.5. The van der Waals surface area contributed by atoms with Crippen LogP contribution in [0.25, 0.3) is 0 Å². The quantitative estimate of drug-likeness (QED) is 0.655. The standard InChI is InChI=1S/C8H8ClFN2O/c9-8-6(10)7(11-4-12-8)5-2-1-3-13-5/h4-5H,1-3H2. The second-order valence-corrected chi connectivity index (χ2v) is 3.22. The van der Waals surface area contributed by atoms with Crippen LogP contribution < -0.4 is 0 Å². The lowest BCUT2D eigenvalue weighted by Gasteiger charge is -2.08. The number of ether oxygens (including phenoxy) is 1. The number of hydrogen-bond acceptors (Lipinski definition) is 3. The van der Waals surface area contributed by atoms with Gasteiger partial charge in [0.05, 0.1) is 0 Å². The lowest BCUT2D eigenvalue weighted by molar-refractivity contribution is 0.105. The maximum Gasteiger partial charge on any atom is 0.184 e. The Morgan fingerprint density at radius 3 is 3.08 bits per heavy atom. The highest BCUT2D eigenvalue weighted by Crippen LogP contribution is 2.29. The van der Waals surface area contributed by atoms with E-state index < -0.39 is 5.82 Å². The van der Waals surface area contributed by atoms with E-state index in [0.717, 1.165) is 12.8 Å². The third-order valence-electron chi connectivity index (χ3n) is 2.01. The third kappa shape index (κ3) is 1.64. The Morgan fingerprint density at radius 1 is 1.54 bits per heavy atom. The molecule has 1 aromatic rings. The van der Waals surface area contributed by atoms with Gasteiger partial charge in [-0.05, 0) is 12.8 Å². The first-order valence-electron chi connectivity index (χ1n) is 4.06. The number of halogens is 2. The summed E-state index contributed by atoms with van der Waals surface area (Å²) in [7, 11) is 0. The molecule has 13 heavy (non-hydrogen) atoms. The summed E-state index contributed by atoms with van der Waals surface area (Å²) in [5.41, 5.74) is 0.275. The summed E-state index contributed by atoms with van der Waals surface area (Å²) in [6.07, 6.45) is 2.74. The van der Waals surface area contributed by atoms with Crippen LogP contribution in [0.15, 0.2) is 6.33 Å². The van der Waals surface area contributed by atoms with E-state index in [1.54, 1.807) is 0 Å². The number of aromatic nitrogens is 2. The highest BCUT2D eigenvalue weighted by Gasteiger charge is 2.23. The number of hydrogen-bond donors (Lipinski definition) is 0. The van der Waals surface area contributed by atoms with Gasteiger partial charge in [-0.2, -0.15) is 0 Å². The zero-order valence-electron chi connectivity index (χ0n) is 6.83. The molecule has 2 heterocycles. The second-order valence-electron chi connectivity index (χ2n) is 2.87. The molecule has 0 amide bonds. The maximum absolute atomic E-state index is 13.3. The topological polar surface area (TPSA) is 35.0 Å². The summed E-state index contributed by atoms with van der Waals surface area (Å²) in [6.45, 7) is 0.658. The van der Waals surface area contributed by atoms with E-state index >= 15 is 0 Å². The molecular formula is C8H8ClFN2O. The molecule has 0 aliphatic carbocycles. The number of rotatable bonds is 1. The minimum atomic E-state index is -0.559. The van der Waals surface area contributed by atoms with E-state index in [4.69, 9.17) is 16.3 Å². The van der Waals surface area contributed by atoms with E-state index in [9.17, 15) is 4.39 Å². The van der Waals surface area contributed by atoms with Crippen molar-refractivity contribution >= 4 is 11.6 Å². The zero-order valence-corrected chi connectivity index (χ0v) is 7.59. The molecule has 1 unspecified atom stereocenters. The predicted octanol–water partition coefficient (Wildman–Crippen LogP) is 2.12. The van der Waals surface area contributed by atoms with Gasteiger partial charge in [0.25, 0.3) is 0 Å². The smallest absolute Gasteiger partial charge is 0.184 e. The Kier molecular flexibility index (Phi) is 2.42. The zero-order chi connectivity index (χ0) is 9.26. The van der Waals surface area contributed by atoms with Gasteiger partial charge in [0.1, 0.15) is 18.1 Å². The van der Waals surface area contributed by atoms with E-state index in [-0.39, 0.29) is 17.0 Å². The molecule has 3 nitrogen and oxygen atoms in total. The Hall–Kier alpha value is -0.740. The molecule has 1 aliphatic heterocycles. The summed E-state index contributed by atoms with van der Waals surface area (Å²) in [5.74, 6) is -0.559. The Balaban J connectivity index is 2.33. The second kappa shape index (κ2) is 3.55. The molecule has 0 saturated carbocycles. The van der Waals surface area contributed by atoms with Gasteiger partial charge < -0.3 is 4.74 Å². The summed E-state index contributed by atoms with van der Waals surface area (Å²) in [6, 6.07) is 0. The lowest BCUT2D eigenvalue weighted by atomic mass is 10.2. The average molecular weight is 203 g/mol. The first-order valence-corrected chi connectivity index (χ1v) is 4.44. The van der Waals surface area contributed by atoms with Crippen molar-refractivity contribution < 1.29 is 9.13 Å². The molecule has 1 fully saturated rings. The van der Waals surface area contributed by atoms with Crippen LogP contribution in [0.4, 0.5) is 4.39 Å². The van der Waals surface area contributed by atoms with Crippen LogP contribution >= 0.6 is 11.6 Å². The van der Waals surface area contributed by atoms with Crippen LogP contribution in [0.5, 0.6) is 0 Å². The van der Waals surface area contributed by atoms with Crippen molar-refractivity contribution in [2.75, 3.05) is 6.61 Å². The Morgan fingerprint density at radius 2 is 2.38 bits per heavy atom. The van der Waals surface area contributed by atoms with Crippen molar-refractivity contribution in [3.8, 4) is 0 Å². The number of nitrogens with zero attached hydrogens (tertiary/aromatic N) is 2. The summed E-state index contributed by atoms with van der Waals surface area (Å²) < 4.78 is 18.6. The van der Waals surface area contributed by atoms with Crippen molar-refractivity contribution in [1.29, 1.82) is 0 Å². The fourth-order valence-corrected chi connectivity index (χ4v) is 1.52. The van der Waals surface area contributed by atoms with E-state index in [0.29, 0.717) is 6.61 Å². The van der Waals surface area contributed by atoms with Crippen molar-refractivity contribution in [2.24, 2.45) is 0 Å². The van der Waals surface area contributed by atoms with Gasteiger partial charge in [0.2, 0.25) is 0 Å². The van der Waals surface area contributed by atoms with E-state index in [1.807, 2.05) is 0 Å². The third-order valence-corrected chi connectivity index (χ3v) is 2.27. The van der Waals surface area contributed by atoms with Crippen molar-refractivity contribution in [2.45, 2.75) is 18.9 Å². The van der Waals surface area contributed by atoms with Crippen molar-refractivity contribution in [1.82, 2.24) is 9.97 Å². The van der Waals surface area contributed by atoms with Gasteiger partial charge in [0, 0.05) is 6.61 Å². The first kappa shape index (κ1) is 8.84. The fourth-order valence-electron chi connectivity index (χ4n) is 1.38. The molecule has 1 aromatic heterocycles. The first-order chi connectivity index (χ1) is 6.29. The van der Waals surface area contributed by atoms with Gasteiger partial charge in [-0.15, -0.1) is 0 Å². The van der Waals surface area contributed by atoms with Crippen LogP contribution in [0.1, 0.15) is 24.6 Å². The summed E-state index contributed by atoms with van der Waals surface area (Å²) in [5, 5.41) is -0.138. The highest BCUT2D eigenvalue weighted by molar-refractivity contribution is 6.29. The van der Waals surface area contributed by atoms with Gasteiger partial charge in [-0.25, -0.2) is 14.4 Å². The SMILES string of the molecule is Fc1c(Cl)ncnc1C1CCCO1. The molecule has 0 spiro atoms. The molecule has 2 rings (SSSR count). The fraction of sp³-hybridized carbons (Fsp3) is 0.500. The predicted molar refractivity (Wildman–Crippen MR) is 44.9 cm³/mol. The minimum Gasteiger partial charge on any atom is -0.372 e. The van der Waals surface area contributed by atoms with Crippen LogP contribution in [0, 0.1) is 5.82 Å². The van der Waals surface area contributed by atoms with Crippen LogP contribution in [0.3, 0.4) is 0 Å². The van der Waals surface area contributed by atoms with Crippen molar-refractivity contribution in [3.05, 3.63) is 23.0 Å². The molecule has 1 atom stereocenters. The van der Waals surface area contributed by atoms with Crippen LogP contribution in [0.2, 0.25) is 5.15 Å². The molecule has 70 valence electrons. The van der Waals surface area contributed by atoms with E-state index in [1.165, 1.54) is 6.33 Å². The lowest BCUT2D eigenvalue weighted by Crippen LogP contribution is -2.04. The minimum absolute atomic E-state index is 0.138. The van der Waals surface area contributed by atoms with Crippen LogP contribution in [-0.4, -0.2) is 16.6 Å². The summed E-state index contributed by atoms with van der Waals surface area (Å²) in [4.78, 5) is 7.36. The van der Waals surface area contributed by atoms with Crippen LogP contribution in [-0.2, 0) is 4.74 Å². The molecule has 1 saturated heterocycles. The van der Waals surface area contributed by atoms with Gasteiger partial charge in [-0.3, -0.25) is 0 Å². The molecule has 0 aromatic carbocycles. The summed E-state index contributed by atoms with van der Waals surface area (Å²) >= 11 is 5.51. The largest absolute Gasteiger partial charge is 0.372 e. The molecule has 0 N–H and O–H groups in total. The Labute approximate surface area is 79.9 Å². The normalized spacial score (nSPS) is 22.2. The average Bonchev–Trinajstić information content (AvgIpc) is 2.62. The molecule has 5 heteroatoms. The molecule has 1 aliphatic rings.